The maximum absolute atomic E-state index is 11.3. The molecule has 0 N–H and O–H groups in total. The fraction of sp³-hybridized carbons (Fsp3) is 0.545. The van der Waals surface area contributed by atoms with Crippen LogP contribution >= 0.6 is 0 Å². The number of ether oxygens (including phenoxy) is 1. The second kappa shape index (κ2) is 7.62. The van der Waals surface area contributed by atoms with Crippen molar-refractivity contribution in [3.8, 4) is 0 Å². The normalized spacial score (nSPS) is 12.4. The summed E-state index contributed by atoms with van der Waals surface area (Å²) in [4.78, 5) is 21.6. The quantitative estimate of drug-likeness (QED) is 0.302. The number of esters is 1. The van der Waals surface area contributed by atoms with E-state index in [2.05, 4.69) is 0 Å². The van der Waals surface area contributed by atoms with Crippen LogP contribution in [-0.4, -0.2) is 17.5 Å². The van der Waals surface area contributed by atoms with Crippen LogP contribution in [0.5, 0.6) is 0 Å². The fourth-order valence-electron chi connectivity index (χ4n) is 1.30. The summed E-state index contributed by atoms with van der Waals surface area (Å²) in [5, 5.41) is 10.7. The Labute approximate surface area is 94.9 Å². The number of allylic oxidation sites excluding steroid dienone is 3. The molecular formula is C11H17NO4. The molecular weight excluding hydrogens is 210 g/mol. The lowest BCUT2D eigenvalue weighted by atomic mass is 10.1. The zero-order valence-corrected chi connectivity index (χ0v) is 9.86. The Kier molecular flexibility index (Phi) is 6.83. The van der Waals surface area contributed by atoms with E-state index in [1.54, 1.807) is 32.9 Å². The Morgan fingerprint density at radius 2 is 2.06 bits per heavy atom. The minimum atomic E-state index is -0.450. The monoisotopic (exact) mass is 227 g/mol. The third kappa shape index (κ3) is 4.72. The average Bonchev–Trinajstić information content (AvgIpc) is 2.18. The first-order chi connectivity index (χ1) is 7.56. The molecule has 0 unspecified atom stereocenters. The number of carbonyl (C=O) groups excluding carboxylic acids is 1. The van der Waals surface area contributed by atoms with Crippen LogP contribution in [0.3, 0.4) is 0 Å². The summed E-state index contributed by atoms with van der Waals surface area (Å²) in [6, 6.07) is 0. The van der Waals surface area contributed by atoms with Crippen molar-refractivity contribution in [3.63, 3.8) is 0 Å². The van der Waals surface area contributed by atoms with E-state index < -0.39 is 10.9 Å². The molecule has 0 saturated carbocycles. The van der Waals surface area contributed by atoms with E-state index in [1.165, 1.54) is 0 Å². The van der Waals surface area contributed by atoms with E-state index in [-0.39, 0.29) is 25.1 Å². The molecule has 0 radical (unpaired) electrons. The van der Waals surface area contributed by atoms with Gasteiger partial charge in [0.1, 0.15) is 0 Å². The summed E-state index contributed by atoms with van der Waals surface area (Å²) in [5.41, 5.74) is 0.472. The standard InChI is InChI=1S/C11H17NO4/c1-4-7-9(8-11(13)16-6-3)10(5-2)12(14)15/h4,7H,5-6,8H2,1-3H3/b7-4-,10-9-. The fourth-order valence-corrected chi connectivity index (χ4v) is 1.30. The first-order valence-corrected chi connectivity index (χ1v) is 5.21. The van der Waals surface area contributed by atoms with Crippen LogP contribution in [0, 0.1) is 10.1 Å². The molecule has 0 amide bonds. The number of rotatable bonds is 6. The number of nitro groups is 1. The minimum Gasteiger partial charge on any atom is -0.466 e. The zero-order valence-electron chi connectivity index (χ0n) is 9.86. The van der Waals surface area contributed by atoms with Crippen LogP contribution in [0.15, 0.2) is 23.4 Å². The molecule has 0 rings (SSSR count). The molecule has 0 aromatic carbocycles. The predicted molar refractivity (Wildman–Crippen MR) is 60.4 cm³/mol. The van der Waals surface area contributed by atoms with Gasteiger partial charge in [-0.15, -0.1) is 0 Å². The highest BCUT2D eigenvalue weighted by molar-refractivity contribution is 5.73. The first-order valence-electron chi connectivity index (χ1n) is 5.21. The summed E-state index contributed by atoms with van der Waals surface area (Å²) in [6.45, 7) is 5.41. The molecule has 0 bridgehead atoms. The Morgan fingerprint density at radius 3 is 2.44 bits per heavy atom. The third-order valence-electron chi connectivity index (χ3n) is 1.93. The molecule has 0 atom stereocenters. The summed E-state index contributed by atoms with van der Waals surface area (Å²) < 4.78 is 4.76. The van der Waals surface area contributed by atoms with Crippen molar-refractivity contribution in [2.45, 2.75) is 33.6 Å². The lowest BCUT2D eigenvalue weighted by Gasteiger charge is -2.04. The molecule has 0 aliphatic rings. The van der Waals surface area contributed by atoms with E-state index >= 15 is 0 Å². The van der Waals surface area contributed by atoms with Crippen molar-refractivity contribution in [2.75, 3.05) is 6.61 Å². The van der Waals surface area contributed by atoms with Gasteiger partial charge in [-0.05, 0) is 13.8 Å². The van der Waals surface area contributed by atoms with Gasteiger partial charge in [0, 0.05) is 12.0 Å². The van der Waals surface area contributed by atoms with Crippen LogP contribution < -0.4 is 0 Å². The van der Waals surface area contributed by atoms with Crippen LogP contribution in [0.4, 0.5) is 0 Å². The summed E-state index contributed by atoms with van der Waals surface area (Å²) >= 11 is 0. The van der Waals surface area contributed by atoms with Gasteiger partial charge >= 0.3 is 5.97 Å². The van der Waals surface area contributed by atoms with Gasteiger partial charge in [0.25, 0.3) is 0 Å². The highest BCUT2D eigenvalue weighted by Crippen LogP contribution is 2.15. The predicted octanol–water partition coefficient (Wildman–Crippen LogP) is 2.46. The average molecular weight is 227 g/mol. The lowest BCUT2D eigenvalue weighted by Crippen LogP contribution is -2.08. The highest BCUT2D eigenvalue weighted by Gasteiger charge is 2.17. The van der Waals surface area contributed by atoms with Crippen molar-refractivity contribution in [1.29, 1.82) is 0 Å². The number of nitrogens with zero attached hydrogens (tertiary/aromatic N) is 1. The SMILES string of the molecule is C/C=C\C(CC(=O)OCC)=C(/CC)[N+](=O)[O-]. The van der Waals surface area contributed by atoms with Crippen molar-refractivity contribution in [3.05, 3.63) is 33.5 Å². The van der Waals surface area contributed by atoms with Crippen molar-refractivity contribution in [2.24, 2.45) is 0 Å². The maximum atomic E-state index is 11.3. The summed E-state index contributed by atoms with van der Waals surface area (Å²) in [5.74, 6) is -0.441. The second-order valence-corrected chi connectivity index (χ2v) is 3.06. The van der Waals surface area contributed by atoms with Crippen LogP contribution in [-0.2, 0) is 9.53 Å². The molecule has 0 aromatic rings. The van der Waals surface area contributed by atoms with Crippen LogP contribution in [0.1, 0.15) is 33.6 Å². The van der Waals surface area contributed by atoms with E-state index in [4.69, 9.17) is 4.74 Å². The smallest absolute Gasteiger partial charge is 0.310 e. The first kappa shape index (κ1) is 14.3. The summed E-state index contributed by atoms with van der Waals surface area (Å²) in [6.07, 6.45) is 3.49. The van der Waals surface area contributed by atoms with E-state index in [0.717, 1.165) is 0 Å². The Morgan fingerprint density at radius 1 is 1.44 bits per heavy atom. The number of carbonyl (C=O) groups is 1. The third-order valence-corrected chi connectivity index (χ3v) is 1.93. The van der Waals surface area contributed by atoms with Gasteiger partial charge < -0.3 is 4.74 Å². The van der Waals surface area contributed by atoms with Gasteiger partial charge in [-0.25, -0.2) is 0 Å². The highest BCUT2D eigenvalue weighted by atomic mass is 16.6. The van der Waals surface area contributed by atoms with Crippen LogP contribution in [0.2, 0.25) is 0 Å². The minimum absolute atomic E-state index is 0.0532. The number of hydrogen-bond acceptors (Lipinski definition) is 4. The Balaban J connectivity index is 4.97. The molecule has 0 aliphatic heterocycles. The molecule has 0 spiro atoms. The zero-order chi connectivity index (χ0) is 12.6. The largest absolute Gasteiger partial charge is 0.466 e. The maximum Gasteiger partial charge on any atom is 0.310 e. The van der Waals surface area contributed by atoms with Gasteiger partial charge in [-0.1, -0.05) is 19.1 Å². The number of hydrogen-bond donors (Lipinski definition) is 0. The molecule has 5 heteroatoms. The van der Waals surface area contributed by atoms with Crippen molar-refractivity contribution in [1.82, 2.24) is 0 Å². The van der Waals surface area contributed by atoms with Gasteiger partial charge in [-0.3, -0.25) is 14.9 Å². The molecule has 90 valence electrons. The molecule has 0 aliphatic carbocycles. The van der Waals surface area contributed by atoms with Gasteiger partial charge in [0.15, 0.2) is 0 Å². The Hall–Kier alpha value is -1.65. The molecule has 0 aromatic heterocycles. The molecule has 16 heavy (non-hydrogen) atoms. The lowest BCUT2D eigenvalue weighted by molar-refractivity contribution is -0.428. The molecule has 5 nitrogen and oxygen atoms in total. The van der Waals surface area contributed by atoms with Gasteiger partial charge in [0.2, 0.25) is 5.70 Å². The Bertz CT molecular complexity index is 318. The van der Waals surface area contributed by atoms with E-state index in [0.29, 0.717) is 5.57 Å². The topological polar surface area (TPSA) is 69.4 Å². The van der Waals surface area contributed by atoms with Crippen molar-refractivity contribution < 1.29 is 14.5 Å². The summed E-state index contributed by atoms with van der Waals surface area (Å²) in [7, 11) is 0. The molecule has 0 fully saturated rings. The van der Waals surface area contributed by atoms with Gasteiger partial charge in [0.05, 0.1) is 18.0 Å². The second-order valence-electron chi connectivity index (χ2n) is 3.06. The van der Waals surface area contributed by atoms with Crippen molar-refractivity contribution >= 4 is 5.97 Å². The van der Waals surface area contributed by atoms with Crippen LogP contribution in [0.25, 0.3) is 0 Å². The van der Waals surface area contributed by atoms with E-state index in [1.807, 2.05) is 0 Å². The molecule has 0 heterocycles. The van der Waals surface area contributed by atoms with Gasteiger partial charge in [-0.2, -0.15) is 0 Å². The molecule has 0 saturated heterocycles. The van der Waals surface area contributed by atoms with E-state index in [9.17, 15) is 14.9 Å².